The van der Waals surface area contributed by atoms with Gasteiger partial charge >= 0.3 is 6.09 Å². The molecule has 0 saturated carbocycles. The number of ether oxygens (including phenoxy) is 1. The zero-order valence-corrected chi connectivity index (χ0v) is 17.8. The minimum absolute atomic E-state index is 0.0618. The third-order valence-corrected chi connectivity index (χ3v) is 5.74. The SMILES string of the molecule is O=CCNC(=O)OCC1c2ccccc2-c2ccc(CC(=O)CCN3C(=O)C=CC3=O)cc21. The monoisotopic (exact) mass is 446 g/mol. The van der Waals surface area contributed by atoms with Crippen LogP contribution in [0.3, 0.4) is 0 Å². The van der Waals surface area contributed by atoms with Crippen LogP contribution in [0, 0.1) is 0 Å². The number of imide groups is 1. The summed E-state index contributed by atoms with van der Waals surface area (Å²) in [6.45, 7) is 0.0398. The number of alkyl carbamates (subject to hydrolysis) is 1. The maximum absolute atomic E-state index is 12.5. The molecule has 4 rings (SSSR count). The lowest BCUT2D eigenvalue weighted by Gasteiger charge is -2.15. The predicted molar refractivity (Wildman–Crippen MR) is 118 cm³/mol. The first-order valence-corrected chi connectivity index (χ1v) is 10.6. The van der Waals surface area contributed by atoms with E-state index in [-0.39, 0.29) is 44.2 Å². The minimum Gasteiger partial charge on any atom is -0.449 e. The van der Waals surface area contributed by atoms with E-state index in [0.29, 0.717) is 6.29 Å². The van der Waals surface area contributed by atoms with E-state index in [0.717, 1.165) is 32.7 Å². The zero-order chi connectivity index (χ0) is 23.4. The molecule has 8 heteroatoms. The van der Waals surface area contributed by atoms with Crippen molar-refractivity contribution < 1.29 is 28.7 Å². The smallest absolute Gasteiger partial charge is 0.407 e. The Kier molecular flexibility index (Phi) is 6.44. The van der Waals surface area contributed by atoms with E-state index < -0.39 is 17.9 Å². The average molecular weight is 446 g/mol. The Hall–Kier alpha value is -4.07. The number of amides is 3. The van der Waals surface area contributed by atoms with Crippen molar-refractivity contribution in [3.8, 4) is 11.1 Å². The van der Waals surface area contributed by atoms with Crippen molar-refractivity contribution in [1.82, 2.24) is 10.2 Å². The molecule has 168 valence electrons. The molecule has 2 aromatic rings. The van der Waals surface area contributed by atoms with Gasteiger partial charge in [0.2, 0.25) is 0 Å². The lowest BCUT2D eigenvalue weighted by molar-refractivity contribution is -0.137. The van der Waals surface area contributed by atoms with Crippen LogP contribution < -0.4 is 5.32 Å². The summed E-state index contributed by atoms with van der Waals surface area (Å²) in [5.41, 5.74) is 4.85. The van der Waals surface area contributed by atoms with Gasteiger partial charge in [0.05, 0.1) is 6.54 Å². The predicted octanol–water partition coefficient (Wildman–Crippen LogP) is 2.15. The van der Waals surface area contributed by atoms with Gasteiger partial charge in [-0.2, -0.15) is 0 Å². The van der Waals surface area contributed by atoms with Crippen LogP contribution >= 0.6 is 0 Å². The van der Waals surface area contributed by atoms with E-state index in [9.17, 15) is 24.0 Å². The molecule has 1 aliphatic carbocycles. The number of nitrogens with one attached hydrogen (secondary N) is 1. The fraction of sp³-hybridized carbons (Fsp3) is 0.240. The van der Waals surface area contributed by atoms with E-state index in [1.54, 1.807) is 0 Å². The minimum atomic E-state index is -0.667. The summed E-state index contributed by atoms with van der Waals surface area (Å²) in [7, 11) is 0. The van der Waals surface area contributed by atoms with E-state index >= 15 is 0 Å². The summed E-state index contributed by atoms with van der Waals surface area (Å²) in [6.07, 6.45) is 2.57. The van der Waals surface area contributed by atoms with Gasteiger partial charge < -0.3 is 14.8 Å². The second-order valence-corrected chi connectivity index (χ2v) is 7.83. The van der Waals surface area contributed by atoms with Crippen LogP contribution in [0.15, 0.2) is 54.6 Å². The molecule has 1 atom stereocenters. The van der Waals surface area contributed by atoms with Gasteiger partial charge in [0.1, 0.15) is 18.7 Å². The van der Waals surface area contributed by atoms with Gasteiger partial charge in [0.25, 0.3) is 11.8 Å². The number of carbonyl (C=O) groups excluding carboxylic acids is 5. The van der Waals surface area contributed by atoms with Crippen molar-refractivity contribution in [3.63, 3.8) is 0 Å². The Bertz CT molecular complexity index is 1150. The van der Waals surface area contributed by atoms with Crippen molar-refractivity contribution in [2.45, 2.75) is 18.8 Å². The first-order chi connectivity index (χ1) is 16.0. The number of hydrogen-bond donors (Lipinski definition) is 1. The molecule has 8 nitrogen and oxygen atoms in total. The van der Waals surface area contributed by atoms with Crippen LogP contribution in [0.4, 0.5) is 4.79 Å². The third-order valence-electron chi connectivity index (χ3n) is 5.74. The number of benzene rings is 2. The highest BCUT2D eigenvalue weighted by atomic mass is 16.5. The van der Waals surface area contributed by atoms with Gasteiger partial charge in [-0.05, 0) is 27.8 Å². The number of hydrogen-bond acceptors (Lipinski definition) is 6. The van der Waals surface area contributed by atoms with Gasteiger partial charge in [-0.3, -0.25) is 19.3 Å². The Balaban J connectivity index is 1.46. The molecule has 0 radical (unpaired) electrons. The number of aldehydes is 1. The van der Waals surface area contributed by atoms with Gasteiger partial charge in [-0.15, -0.1) is 0 Å². The van der Waals surface area contributed by atoms with E-state index in [2.05, 4.69) is 5.32 Å². The largest absolute Gasteiger partial charge is 0.449 e. The fourth-order valence-electron chi connectivity index (χ4n) is 4.19. The quantitative estimate of drug-likeness (QED) is 0.467. The number of nitrogens with zero attached hydrogens (tertiary/aromatic N) is 1. The Morgan fingerprint density at radius 3 is 2.48 bits per heavy atom. The second kappa shape index (κ2) is 9.60. The summed E-state index contributed by atoms with van der Waals surface area (Å²) in [5, 5.41) is 2.35. The molecular formula is C25H22N2O6. The molecule has 2 aromatic carbocycles. The number of rotatable bonds is 9. The summed E-state index contributed by atoms with van der Waals surface area (Å²) in [6, 6.07) is 13.6. The highest BCUT2D eigenvalue weighted by Gasteiger charge is 2.30. The maximum atomic E-state index is 12.5. The van der Waals surface area contributed by atoms with Crippen molar-refractivity contribution in [1.29, 1.82) is 0 Å². The first-order valence-electron chi connectivity index (χ1n) is 10.6. The molecule has 0 bridgehead atoms. The molecule has 1 aliphatic heterocycles. The van der Waals surface area contributed by atoms with Crippen LogP contribution in [0.5, 0.6) is 0 Å². The Morgan fingerprint density at radius 1 is 1.00 bits per heavy atom. The normalized spacial score (nSPS) is 15.9. The van der Waals surface area contributed by atoms with Crippen molar-refractivity contribution >= 4 is 30.0 Å². The zero-order valence-electron chi connectivity index (χ0n) is 17.8. The van der Waals surface area contributed by atoms with Crippen LogP contribution in [-0.2, 0) is 30.3 Å². The number of fused-ring (bicyclic) bond motifs is 3. The average Bonchev–Trinajstić information content (AvgIpc) is 3.30. The topological polar surface area (TPSA) is 110 Å². The molecular weight excluding hydrogens is 424 g/mol. The van der Waals surface area contributed by atoms with Crippen molar-refractivity contribution in [2.75, 3.05) is 19.7 Å². The van der Waals surface area contributed by atoms with E-state index in [1.807, 2.05) is 42.5 Å². The molecule has 0 fully saturated rings. The third kappa shape index (κ3) is 4.74. The number of Topliss-reactive ketones (excluding diaryl/α,β-unsaturated/α-hetero) is 1. The summed E-state index contributed by atoms with van der Waals surface area (Å²) in [5.74, 6) is -1.08. The fourth-order valence-corrected chi connectivity index (χ4v) is 4.19. The standard InChI is InChI=1S/C25H22N2O6/c28-12-10-26-25(32)33-15-22-19-4-2-1-3-18(19)20-6-5-16(14-21(20)22)13-17(29)9-11-27-23(30)7-8-24(27)31/h1-8,12,14,22H,9-11,13,15H2,(H,26,32). The summed E-state index contributed by atoms with van der Waals surface area (Å²) >= 11 is 0. The maximum Gasteiger partial charge on any atom is 0.407 e. The molecule has 1 N–H and O–H groups in total. The van der Waals surface area contributed by atoms with Gasteiger partial charge in [-0.1, -0.05) is 42.5 Å². The molecule has 33 heavy (non-hydrogen) atoms. The summed E-state index contributed by atoms with van der Waals surface area (Å²) in [4.78, 5) is 59.1. The van der Waals surface area contributed by atoms with Gasteiger partial charge in [-0.25, -0.2) is 4.79 Å². The highest BCUT2D eigenvalue weighted by Crippen LogP contribution is 2.45. The van der Waals surface area contributed by atoms with Crippen LogP contribution in [-0.4, -0.2) is 54.6 Å². The lowest BCUT2D eigenvalue weighted by atomic mass is 9.95. The molecule has 2 aliphatic rings. The van der Waals surface area contributed by atoms with Gasteiger partial charge in [0.15, 0.2) is 0 Å². The molecule has 0 saturated heterocycles. The molecule has 3 amide bonds. The summed E-state index contributed by atoms with van der Waals surface area (Å²) < 4.78 is 5.33. The number of carbonyl (C=O) groups is 5. The van der Waals surface area contributed by atoms with Crippen molar-refractivity contribution in [2.24, 2.45) is 0 Å². The lowest BCUT2D eigenvalue weighted by Crippen LogP contribution is -2.32. The van der Waals surface area contributed by atoms with Crippen LogP contribution in [0.25, 0.3) is 11.1 Å². The molecule has 1 heterocycles. The van der Waals surface area contributed by atoms with E-state index in [4.69, 9.17) is 4.74 Å². The van der Waals surface area contributed by atoms with Crippen molar-refractivity contribution in [3.05, 3.63) is 71.3 Å². The Labute approximate surface area is 190 Å². The number of ketones is 1. The second-order valence-electron chi connectivity index (χ2n) is 7.83. The molecule has 0 aromatic heterocycles. The van der Waals surface area contributed by atoms with E-state index in [1.165, 1.54) is 12.2 Å². The highest BCUT2D eigenvalue weighted by molar-refractivity contribution is 6.13. The van der Waals surface area contributed by atoms with Crippen LogP contribution in [0.2, 0.25) is 0 Å². The molecule has 0 spiro atoms. The molecule has 1 unspecified atom stereocenters. The Morgan fingerprint density at radius 2 is 1.73 bits per heavy atom. The first kappa shape index (κ1) is 22.1. The van der Waals surface area contributed by atoms with Gasteiger partial charge in [0, 0.05) is 37.5 Å². The van der Waals surface area contributed by atoms with Crippen LogP contribution in [0.1, 0.15) is 29.0 Å².